The third-order valence-corrected chi connectivity index (χ3v) is 2.76. The van der Waals surface area contributed by atoms with Gasteiger partial charge < -0.3 is 16.4 Å². The summed E-state index contributed by atoms with van der Waals surface area (Å²) in [4.78, 5) is 24.8. The standard InChI is InChI=1S/C11H21N3O2/c1-11(2,13)7-9(15)14-6-4-3-5-8(14)10(12)16/h8H,3-7,13H2,1-2H3,(H2,12,16). The van der Waals surface area contributed by atoms with Crippen LogP contribution >= 0.6 is 0 Å². The summed E-state index contributed by atoms with van der Waals surface area (Å²) in [6.07, 6.45) is 2.80. The molecule has 0 aromatic carbocycles. The molecule has 1 heterocycles. The Hall–Kier alpha value is -1.10. The summed E-state index contributed by atoms with van der Waals surface area (Å²) in [5.74, 6) is -0.487. The third kappa shape index (κ3) is 3.48. The fourth-order valence-corrected chi connectivity index (χ4v) is 2.02. The van der Waals surface area contributed by atoms with Crippen LogP contribution in [-0.2, 0) is 9.59 Å². The van der Waals surface area contributed by atoms with Gasteiger partial charge in [-0.15, -0.1) is 0 Å². The Morgan fingerprint density at radius 2 is 2.00 bits per heavy atom. The Kier molecular flexibility index (Phi) is 3.91. The maximum atomic E-state index is 12.0. The number of amides is 2. The fourth-order valence-electron chi connectivity index (χ4n) is 2.02. The normalized spacial score (nSPS) is 21.9. The predicted molar refractivity (Wildman–Crippen MR) is 61.4 cm³/mol. The number of hydrogen-bond acceptors (Lipinski definition) is 3. The molecule has 0 aromatic rings. The van der Waals surface area contributed by atoms with Crippen molar-refractivity contribution < 1.29 is 9.59 Å². The first-order valence-corrected chi connectivity index (χ1v) is 5.69. The number of carbonyl (C=O) groups is 2. The van der Waals surface area contributed by atoms with Crippen LogP contribution in [0.3, 0.4) is 0 Å². The lowest BCUT2D eigenvalue weighted by Gasteiger charge is -2.35. The van der Waals surface area contributed by atoms with Crippen LogP contribution in [0.25, 0.3) is 0 Å². The van der Waals surface area contributed by atoms with Crippen LogP contribution in [0.1, 0.15) is 39.5 Å². The van der Waals surface area contributed by atoms with Gasteiger partial charge in [0.25, 0.3) is 0 Å². The minimum absolute atomic E-state index is 0.0731. The number of nitrogens with zero attached hydrogens (tertiary/aromatic N) is 1. The van der Waals surface area contributed by atoms with Crippen LogP contribution in [0, 0.1) is 0 Å². The number of primary amides is 1. The van der Waals surface area contributed by atoms with E-state index in [1.54, 1.807) is 18.7 Å². The van der Waals surface area contributed by atoms with Crippen molar-refractivity contribution in [2.45, 2.75) is 51.1 Å². The Bertz CT molecular complexity index is 283. The van der Waals surface area contributed by atoms with Gasteiger partial charge >= 0.3 is 0 Å². The Morgan fingerprint density at radius 3 is 2.50 bits per heavy atom. The summed E-state index contributed by atoms with van der Waals surface area (Å²) >= 11 is 0. The highest BCUT2D eigenvalue weighted by Crippen LogP contribution is 2.19. The van der Waals surface area contributed by atoms with E-state index in [1.165, 1.54) is 0 Å². The maximum Gasteiger partial charge on any atom is 0.240 e. The molecule has 5 nitrogen and oxygen atoms in total. The highest BCUT2D eigenvalue weighted by Gasteiger charge is 2.32. The van der Waals surface area contributed by atoms with Crippen molar-refractivity contribution in [1.29, 1.82) is 0 Å². The molecule has 0 saturated carbocycles. The fraction of sp³-hybridized carbons (Fsp3) is 0.818. The van der Waals surface area contributed by atoms with Gasteiger partial charge in [-0.2, -0.15) is 0 Å². The molecule has 2 amide bonds. The SMILES string of the molecule is CC(C)(N)CC(=O)N1CCCCC1C(N)=O. The summed E-state index contributed by atoms with van der Waals surface area (Å²) < 4.78 is 0. The van der Waals surface area contributed by atoms with Gasteiger partial charge in [0.15, 0.2) is 0 Å². The van der Waals surface area contributed by atoms with Crippen molar-refractivity contribution in [1.82, 2.24) is 4.90 Å². The van der Waals surface area contributed by atoms with Crippen molar-refractivity contribution in [2.24, 2.45) is 11.5 Å². The van der Waals surface area contributed by atoms with Gasteiger partial charge in [-0.1, -0.05) is 0 Å². The molecule has 1 rings (SSSR count). The van der Waals surface area contributed by atoms with E-state index in [4.69, 9.17) is 11.5 Å². The summed E-state index contributed by atoms with van der Waals surface area (Å²) in [6, 6.07) is -0.441. The van der Waals surface area contributed by atoms with Crippen LogP contribution in [0.5, 0.6) is 0 Å². The average molecular weight is 227 g/mol. The van der Waals surface area contributed by atoms with E-state index in [2.05, 4.69) is 0 Å². The van der Waals surface area contributed by atoms with Crippen LogP contribution in [0.4, 0.5) is 0 Å². The number of likely N-dealkylation sites (tertiary alicyclic amines) is 1. The van der Waals surface area contributed by atoms with Crippen LogP contribution in [0.15, 0.2) is 0 Å². The number of hydrogen-bond donors (Lipinski definition) is 2. The Morgan fingerprint density at radius 1 is 1.38 bits per heavy atom. The summed E-state index contributed by atoms with van der Waals surface area (Å²) in [5, 5.41) is 0. The lowest BCUT2D eigenvalue weighted by Crippen LogP contribution is -2.52. The van der Waals surface area contributed by atoms with Crippen molar-refractivity contribution in [2.75, 3.05) is 6.54 Å². The zero-order valence-corrected chi connectivity index (χ0v) is 10.0. The van der Waals surface area contributed by atoms with Crippen molar-refractivity contribution in [3.8, 4) is 0 Å². The van der Waals surface area contributed by atoms with Crippen LogP contribution < -0.4 is 11.5 Å². The molecule has 0 aliphatic carbocycles. The maximum absolute atomic E-state index is 12.0. The second-order valence-corrected chi connectivity index (χ2v) is 5.17. The molecule has 0 spiro atoms. The lowest BCUT2D eigenvalue weighted by molar-refractivity contribution is -0.141. The van der Waals surface area contributed by atoms with Crippen LogP contribution in [-0.4, -0.2) is 34.8 Å². The largest absolute Gasteiger partial charge is 0.368 e. The number of nitrogens with two attached hydrogens (primary N) is 2. The number of piperidine rings is 1. The molecular weight excluding hydrogens is 206 g/mol. The van der Waals surface area contributed by atoms with E-state index in [9.17, 15) is 9.59 Å². The van der Waals surface area contributed by atoms with Crippen molar-refractivity contribution in [3.05, 3.63) is 0 Å². The average Bonchev–Trinajstić information content (AvgIpc) is 2.15. The molecule has 1 fully saturated rings. The minimum Gasteiger partial charge on any atom is -0.368 e. The van der Waals surface area contributed by atoms with E-state index in [0.717, 1.165) is 12.8 Å². The molecular formula is C11H21N3O2. The molecule has 0 bridgehead atoms. The molecule has 0 radical (unpaired) electrons. The summed E-state index contributed by atoms with van der Waals surface area (Å²) in [6.45, 7) is 4.21. The monoisotopic (exact) mass is 227 g/mol. The van der Waals surface area contributed by atoms with Gasteiger partial charge in [0.05, 0.1) is 0 Å². The minimum atomic E-state index is -0.545. The van der Waals surface area contributed by atoms with E-state index in [0.29, 0.717) is 13.0 Å². The first kappa shape index (κ1) is 13.0. The molecule has 1 aliphatic rings. The zero-order valence-electron chi connectivity index (χ0n) is 10.0. The molecule has 1 atom stereocenters. The van der Waals surface area contributed by atoms with Gasteiger partial charge in [0, 0.05) is 18.5 Å². The molecule has 4 N–H and O–H groups in total. The molecule has 16 heavy (non-hydrogen) atoms. The third-order valence-electron chi connectivity index (χ3n) is 2.76. The quantitative estimate of drug-likeness (QED) is 0.710. The molecule has 1 saturated heterocycles. The Balaban J connectivity index is 2.68. The van der Waals surface area contributed by atoms with Gasteiger partial charge in [0.1, 0.15) is 6.04 Å². The van der Waals surface area contributed by atoms with E-state index >= 15 is 0 Å². The van der Waals surface area contributed by atoms with Gasteiger partial charge in [-0.05, 0) is 33.1 Å². The van der Waals surface area contributed by atoms with Gasteiger partial charge in [-0.25, -0.2) is 0 Å². The smallest absolute Gasteiger partial charge is 0.240 e. The van der Waals surface area contributed by atoms with E-state index in [-0.39, 0.29) is 12.3 Å². The Labute approximate surface area is 96.1 Å². The van der Waals surface area contributed by atoms with E-state index in [1.807, 2.05) is 0 Å². The van der Waals surface area contributed by atoms with E-state index < -0.39 is 17.5 Å². The molecule has 92 valence electrons. The highest BCUT2D eigenvalue weighted by atomic mass is 16.2. The predicted octanol–water partition coefficient (Wildman–Crippen LogP) is -0.0198. The highest BCUT2D eigenvalue weighted by molar-refractivity contribution is 5.87. The molecule has 1 aliphatic heterocycles. The topological polar surface area (TPSA) is 89.4 Å². The van der Waals surface area contributed by atoms with Crippen molar-refractivity contribution in [3.63, 3.8) is 0 Å². The van der Waals surface area contributed by atoms with Gasteiger partial charge in [0.2, 0.25) is 11.8 Å². The zero-order chi connectivity index (χ0) is 12.3. The summed E-state index contributed by atoms with van der Waals surface area (Å²) in [7, 11) is 0. The number of rotatable bonds is 3. The molecule has 1 unspecified atom stereocenters. The summed E-state index contributed by atoms with van der Waals surface area (Å²) in [5.41, 5.74) is 10.6. The first-order chi connectivity index (χ1) is 7.31. The molecule has 0 aromatic heterocycles. The van der Waals surface area contributed by atoms with Gasteiger partial charge in [-0.3, -0.25) is 9.59 Å². The second-order valence-electron chi connectivity index (χ2n) is 5.17. The molecule has 5 heteroatoms. The lowest BCUT2D eigenvalue weighted by atomic mass is 9.97. The van der Waals surface area contributed by atoms with Crippen molar-refractivity contribution >= 4 is 11.8 Å². The van der Waals surface area contributed by atoms with Crippen LogP contribution in [0.2, 0.25) is 0 Å². The second kappa shape index (κ2) is 4.82. The number of carbonyl (C=O) groups excluding carboxylic acids is 2. The first-order valence-electron chi connectivity index (χ1n) is 5.69.